The van der Waals surface area contributed by atoms with Crippen molar-refractivity contribution in [3.8, 4) is 0 Å². The number of hydrogen-bond acceptors (Lipinski definition) is 5. The van der Waals surface area contributed by atoms with Crippen molar-refractivity contribution in [2.24, 2.45) is 5.10 Å². The lowest BCUT2D eigenvalue weighted by atomic mass is 10.2. The molecule has 1 aromatic carbocycles. The van der Waals surface area contributed by atoms with Gasteiger partial charge in [-0.1, -0.05) is 29.8 Å². The molecular weight excluding hydrogens is 322 g/mol. The summed E-state index contributed by atoms with van der Waals surface area (Å²) in [5.74, 6) is -0.429. The fraction of sp³-hybridized carbons (Fsp3) is 0.286. The van der Waals surface area contributed by atoms with Crippen LogP contribution in [0.5, 0.6) is 0 Å². The summed E-state index contributed by atoms with van der Waals surface area (Å²) in [4.78, 5) is 26.9. The molecule has 23 heavy (non-hydrogen) atoms. The highest BCUT2D eigenvalue weighted by molar-refractivity contribution is 6.33. The molecule has 1 aliphatic rings. The average Bonchev–Trinajstić information content (AvgIpc) is 2.95. The van der Waals surface area contributed by atoms with Gasteiger partial charge in [0, 0.05) is 23.7 Å². The Kier molecular flexibility index (Phi) is 4.54. The number of ether oxygens (including phenoxy) is 1. The molecular formula is C14H14ClN5O3. The topological polar surface area (TPSA) is 92.6 Å². The Bertz CT molecular complexity index is 792. The van der Waals surface area contributed by atoms with Gasteiger partial charge in [0.2, 0.25) is 5.69 Å². The number of H-pyrrole nitrogens is 1. The Morgan fingerprint density at radius 2 is 2.09 bits per heavy atom. The van der Waals surface area contributed by atoms with E-state index in [9.17, 15) is 9.59 Å². The predicted octanol–water partition coefficient (Wildman–Crippen LogP) is 0.579. The summed E-state index contributed by atoms with van der Waals surface area (Å²) in [6.07, 6.45) is 1.42. The van der Waals surface area contributed by atoms with E-state index in [4.69, 9.17) is 16.3 Å². The highest BCUT2D eigenvalue weighted by atomic mass is 35.5. The van der Waals surface area contributed by atoms with Crippen LogP contribution < -0.4 is 5.56 Å². The van der Waals surface area contributed by atoms with Crippen molar-refractivity contribution in [1.29, 1.82) is 0 Å². The number of aromatic amines is 1. The first-order valence-electron chi connectivity index (χ1n) is 7.00. The third-order valence-electron chi connectivity index (χ3n) is 3.37. The van der Waals surface area contributed by atoms with Crippen LogP contribution in [0.15, 0.2) is 34.2 Å². The fourth-order valence-corrected chi connectivity index (χ4v) is 2.31. The minimum Gasteiger partial charge on any atom is -0.378 e. The molecule has 8 nitrogen and oxygen atoms in total. The molecule has 1 fully saturated rings. The standard InChI is InChI=1S/C14H14ClN5O3/c15-11-4-2-1-3-10(11)9-16-20-14(22)12(17-18-20)13(21)19-5-7-23-8-6-19/h1-4,9,18H,5-8H2. The lowest BCUT2D eigenvalue weighted by molar-refractivity contribution is 0.0298. The van der Waals surface area contributed by atoms with E-state index >= 15 is 0 Å². The minimum absolute atomic E-state index is 0.191. The van der Waals surface area contributed by atoms with Crippen molar-refractivity contribution in [1.82, 2.24) is 20.0 Å². The van der Waals surface area contributed by atoms with Gasteiger partial charge in [0.15, 0.2) is 0 Å². The molecule has 1 saturated heterocycles. The highest BCUT2D eigenvalue weighted by Crippen LogP contribution is 2.12. The van der Waals surface area contributed by atoms with Gasteiger partial charge in [-0.2, -0.15) is 10.3 Å². The van der Waals surface area contributed by atoms with Crippen molar-refractivity contribution in [2.45, 2.75) is 0 Å². The third-order valence-corrected chi connectivity index (χ3v) is 3.71. The molecule has 3 rings (SSSR count). The van der Waals surface area contributed by atoms with Crippen LogP contribution in [0, 0.1) is 0 Å². The molecule has 0 aliphatic carbocycles. The first kappa shape index (κ1) is 15.4. The SMILES string of the molecule is O=C(c1n[nH]n(N=Cc2ccccc2Cl)c1=O)N1CCOCC1. The number of rotatable bonds is 3. The van der Waals surface area contributed by atoms with E-state index in [0.717, 1.165) is 4.79 Å². The lowest BCUT2D eigenvalue weighted by Crippen LogP contribution is -2.42. The maximum Gasteiger partial charge on any atom is 0.320 e. The quantitative estimate of drug-likeness (QED) is 0.830. The van der Waals surface area contributed by atoms with Gasteiger partial charge in [-0.15, -0.1) is 9.89 Å². The van der Waals surface area contributed by atoms with Crippen LogP contribution >= 0.6 is 11.6 Å². The fourth-order valence-electron chi connectivity index (χ4n) is 2.12. The Morgan fingerprint density at radius 1 is 1.35 bits per heavy atom. The van der Waals surface area contributed by atoms with E-state index in [1.165, 1.54) is 11.1 Å². The van der Waals surface area contributed by atoms with Gasteiger partial charge in [-0.3, -0.25) is 9.59 Å². The molecule has 1 aromatic heterocycles. The normalized spacial score (nSPS) is 15.3. The number of halogens is 1. The van der Waals surface area contributed by atoms with Gasteiger partial charge in [0.25, 0.3) is 5.91 Å². The molecule has 2 aromatic rings. The largest absolute Gasteiger partial charge is 0.378 e. The smallest absolute Gasteiger partial charge is 0.320 e. The number of hydrogen-bond donors (Lipinski definition) is 1. The van der Waals surface area contributed by atoms with Gasteiger partial charge in [0.05, 0.1) is 19.4 Å². The predicted molar refractivity (Wildman–Crippen MR) is 84.0 cm³/mol. The van der Waals surface area contributed by atoms with Crippen LogP contribution in [-0.4, -0.2) is 58.4 Å². The molecule has 1 aliphatic heterocycles. The number of benzene rings is 1. The summed E-state index contributed by atoms with van der Waals surface area (Å²) in [7, 11) is 0. The highest BCUT2D eigenvalue weighted by Gasteiger charge is 2.24. The summed E-state index contributed by atoms with van der Waals surface area (Å²) >= 11 is 6.01. The average molecular weight is 336 g/mol. The summed E-state index contributed by atoms with van der Waals surface area (Å²) < 4.78 is 5.18. The van der Waals surface area contributed by atoms with Crippen molar-refractivity contribution in [3.63, 3.8) is 0 Å². The Hall–Kier alpha value is -2.45. The molecule has 120 valence electrons. The van der Waals surface area contributed by atoms with Gasteiger partial charge < -0.3 is 9.64 Å². The number of aromatic nitrogens is 3. The number of nitrogens with one attached hydrogen (secondary N) is 1. The molecule has 0 unspecified atom stereocenters. The van der Waals surface area contributed by atoms with E-state index in [-0.39, 0.29) is 5.69 Å². The van der Waals surface area contributed by atoms with Crippen LogP contribution in [0.3, 0.4) is 0 Å². The minimum atomic E-state index is -0.607. The van der Waals surface area contributed by atoms with E-state index in [2.05, 4.69) is 15.4 Å². The van der Waals surface area contributed by atoms with E-state index in [0.29, 0.717) is 36.9 Å². The van der Waals surface area contributed by atoms with Gasteiger partial charge >= 0.3 is 5.56 Å². The second kappa shape index (κ2) is 6.76. The van der Waals surface area contributed by atoms with Gasteiger partial charge in [-0.05, 0) is 6.07 Å². The molecule has 2 heterocycles. The molecule has 0 radical (unpaired) electrons. The van der Waals surface area contributed by atoms with Crippen molar-refractivity contribution < 1.29 is 9.53 Å². The summed E-state index contributed by atoms with van der Waals surface area (Å²) in [6.45, 7) is 1.78. The molecule has 0 spiro atoms. The number of amides is 1. The summed E-state index contributed by atoms with van der Waals surface area (Å²) in [6, 6.07) is 7.07. The van der Waals surface area contributed by atoms with E-state index < -0.39 is 11.5 Å². The zero-order chi connectivity index (χ0) is 16.2. The third kappa shape index (κ3) is 3.33. The van der Waals surface area contributed by atoms with Crippen LogP contribution in [0.2, 0.25) is 5.02 Å². The summed E-state index contributed by atoms with van der Waals surface area (Å²) in [5, 5.41) is 10.7. The summed E-state index contributed by atoms with van der Waals surface area (Å²) in [5.41, 5.74) is -0.148. The van der Waals surface area contributed by atoms with Crippen LogP contribution in [0.4, 0.5) is 0 Å². The maximum atomic E-state index is 12.3. The molecule has 9 heteroatoms. The molecule has 1 N–H and O–H groups in total. The van der Waals surface area contributed by atoms with Crippen LogP contribution in [0.1, 0.15) is 16.1 Å². The van der Waals surface area contributed by atoms with Crippen molar-refractivity contribution >= 4 is 23.7 Å². The van der Waals surface area contributed by atoms with Crippen LogP contribution in [0.25, 0.3) is 0 Å². The number of carbonyl (C=O) groups excluding carboxylic acids is 1. The number of carbonyl (C=O) groups is 1. The van der Waals surface area contributed by atoms with Crippen molar-refractivity contribution in [3.05, 3.63) is 50.9 Å². The number of nitrogens with zero attached hydrogens (tertiary/aromatic N) is 4. The lowest BCUT2D eigenvalue weighted by Gasteiger charge is -2.25. The van der Waals surface area contributed by atoms with Gasteiger partial charge in [-0.25, -0.2) is 0 Å². The maximum absolute atomic E-state index is 12.3. The van der Waals surface area contributed by atoms with Crippen molar-refractivity contribution in [2.75, 3.05) is 26.3 Å². The monoisotopic (exact) mass is 335 g/mol. The second-order valence-electron chi connectivity index (χ2n) is 4.85. The van der Waals surface area contributed by atoms with E-state index in [1.54, 1.807) is 24.3 Å². The Morgan fingerprint density at radius 3 is 2.83 bits per heavy atom. The van der Waals surface area contributed by atoms with E-state index in [1.807, 2.05) is 0 Å². The first-order chi connectivity index (χ1) is 11.2. The molecule has 0 bridgehead atoms. The molecule has 0 atom stereocenters. The Balaban J connectivity index is 1.81. The molecule has 1 amide bonds. The zero-order valence-corrected chi connectivity index (χ0v) is 12.9. The Labute approximate surface area is 136 Å². The van der Waals surface area contributed by atoms with Gasteiger partial charge in [0.1, 0.15) is 0 Å². The zero-order valence-electron chi connectivity index (χ0n) is 12.1. The van der Waals surface area contributed by atoms with Crippen LogP contribution in [-0.2, 0) is 4.74 Å². The number of morpholine rings is 1. The second-order valence-corrected chi connectivity index (χ2v) is 5.26. The molecule has 0 saturated carbocycles. The first-order valence-corrected chi connectivity index (χ1v) is 7.38.